The summed E-state index contributed by atoms with van der Waals surface area (Å²) in [5, 5.41) is 17.6. The summed E-state index contributed by atoms with van der Waals surface area (Å²) in [6.07, 6.45) is 1.49. The number of morpholine rings is 1. The summed E-state index contributed by atoms with van der Waals surface area (Å²) in [5.74, 6) is 1.96. The number of hydrogen-bond donors (Lipinski definition) is 3. The van der Waals surface area contributed by atoms with Crippen molar-refractivity contribution in [1.29, 1.82) is 0 Å². The average Bonchev–Trinajstić information content (AvgIpc) is 2.83. The number of nitrogens with zero attached hydrogens (tertiary/aromatic N) is 5. The van der Waals surface area contributed by atoms with Crippen LogP contribution >= 0.6 is 31.9 Å². The third kappa shape index (κ3) is 6.09. The number of benzene rings is 2. The lowest BCUT2D eigenvalue weighted by Crippen LogP contribution is -2.37. The topological polar surface area (TPSA) is 117 Å². The standard InChI is InChI=1S/C21H21Br2N7O3/c1-32-16-4-2-15(3-5-16)25-19-26-20(28-21(27-19)30-6-8-33-9-7-30)29-24-12-13-10-14(22)11-17(23)18(13)31/h2-5,10-12,31H,6-9H2,1H3,(H2,25,26,27,28,29). The minimum Gasteiger partial charge on any atom is -0.506 e. The number of aromatic hydroxyl groups is 1. The van der Waals surface area contributed by atoms with Crippen molar-refractivity contribution in [3.05, 3.63) is 50.9 Å². The molecule has 0 spiro atoms. The van der Waals surface area contributed by atoms with Crippen LogP contribution in [0.25, 0.3) is 0 Å². The van der Waals surface area contributed by atoms with Gasteiger partial charge in [-0.1, -0.05) is 15.9 Å². The second kappa shape index (κ2) is 10.8. The van der Waals surface area contributed by atoms with E-state index in [0.717, 1.165) is 15.9 Å². The van der Waals surface area contributed by atoms with E-state index < -0.39 is 0 Å². The van der Waals surface area contributed by atoms with E-state index in [1.54, 1.807) is 19.2 Å². The summed E-state index contributed by atoms with van der Waals surface area (Å²) in [5.41, 5.74) is 4.15. The SMILES string of the molecule is COc1ccc(Nc2nc(NN=Cc3cc(Br)cc(Br)c3O)nc(N3CCOCC3)n2)cc1. The van der Waals surface area contributed by atoms with Gasteiger partial charge in [0.05, 0.1) is 31.0 Å². The summed E-state index contributed by atoms with van der Waals surface area (Å²) in [4.78, 5) is 15.5. The van der Waals surface area contributed by atoms with Crippen LogP contribution in [-0.4, -0.2) is 59.7 Å². The number of methoxy groups -OCH3 is 1. The zero-order chi connectivity index (χ0) is 23.2. The van der Waals surface area contributed by atoms with Gasteiger partial charge in [-0.2, -0.15) is 20.1 Å². The van der Waals surface area contributed by atoms with Crippen molar-refractivity contribution in [1.82, 2.24) is 15.0 Å². The Bertz CT molecular complexity index is 1140. The molecule has 1 aliphatic heterocycles. The molecule has 0 unspecified atom stereocenters. The Morgan fingerprint density at radius 2 is 1.82 bits per heavy atom. The number of hydrogen-bond acceptors (Lipinski definition) is 10. The molecule has 2 heterocycles. The third-order valence-corrected chi connectivity index (χ3v) is 5.75. The summed E-state index contributed by atoms with van der Waals surface area (Å²) >= 11 is 6.71. The minimum absolute atomic E-state index is 0.0789. The summed E-state index contributed by atoms with van der Waals surface area (Å²) in [6, 6.07) is 10.9. The lowest BCUT2D eigenvalue weighted by atomic mass is 10.2. The van der Waals surface area contributed by atoms with Gasteiger partial charge in [-0.15, -0.1) is 0 Å². The van der Waals surface area contributed by atoms with Crippen LogP contribution in [0.15, 0.2) is 50.4 Å². The number of aromatic nitrogens is 3. The monoisotopic (exact) mass is 577 g/mol. The zero-order valence-electron chi connectivity index (χ0n) is 17.6. The maximum absolute atomic E-state index is 10.2. The Morgan fingerprint density at radius 3 is 2.55 bits per heavy atom. The molecule has 3 N–H and O–H groups in total. The molecule has 0 aliphatic carbocycles. The zero-order valence-corrected chi connectivity index (χ0v) is 20.8. The Kier molecular flexibility index (Phi) is 7.57. The molecule has 0 amide bonds. The van der Waals surface area contributed by atoms with Gasteiger partial charge in [0.1, 0.15) is 11.5 Å². The summed E-state index contributed by atoms with van der Waals surface area (Å²) < 4.78 is 12.0. The lowest BCUT2D eigenvalue weighted by molar-refractivity contribution is 0.122. The van der Waals surface area contributed by atoms with Crippen molar-refractivity contribution in [2.24, 2.45) is 5.10 Å². The second-order valence-corrected chi connectivity index (χ2v) is 8.70. The van der Waals surface area contributed by atoms with Gasteiger partial charge in [-0.05, 0) is 52.3 Å². The fourth-order valence-corrected chi connectivity index (χ4v) is 4.28. The molecule has 33 heavy (non-hydrogen) atoms. The van der Waals surface area contributed by atoms with E-state index in [1.165, 1.54) is 6.21 Å². The molecular formula is C21H21Br2N7O3. The number of halogens is 2. The molecule has 0 radical (unpaired) electrons. The number of phenols is 1. The van der Waals surface area contributed by atoms with Crippen molar-refractivity contribution in [3.63, 3.8) is 0 Å². The van der Waals surface area contributed by atoms with E-state index in [1.807, 2.05) is 29.2 Å². The molecule has 10 nitrogen and oxygen atoms in total. The van der Waals surface area contributed by atoms with Crippen molar-refractivity contribution in [3.8, 4) is 11.5 Å². The number of nitrogens with one attached hydrogen (secondary N) is 2. The highest BCUT2D eigenvalue weighted by Gasteiger charge is 2.17. The van der Waals surface area contributed by atoms with Gasteiger partial charge in [0.15, 0.2) is 0 Å². The first kappa shape index (κ1) is 23.2. The highest BCUT2D eigenvalue weighted by molar-refractivity contribution is 9.11. The number of hydrazone groups is 1. The highest BCUT2D eigenvalue weighted by Crippen LogP contribution is 2.30. The van der Waals surface area contributed by atoms with Gasteiger partial charge in [0.2, 0.25) is 17.8 Å². The molecule has 1 aromatic heterocycles. The molecule has 12 heteroatoms. The first-order valence-electron chi connectivity index (χ1n) is 9.99. The van der Waals surface area contributed by atoms with Crippen molar-refractivity contribution in [2.75, 3.05) is 49.1 Å². The minimum atomic E-state index is 0.0789. The Morgan fingerprint density at radius 1 is 1.09 bits per heavy atom. The van der Waals surface area contributed by atoms with Crippen LogP contribution in [-0.2, 0) is 4.74 Å². The molecule has 1 saturated heterocycles. The second-order valence-electron chi connectivity index (χ2n) is 6.93. The van der Waals surface area contributed by atoms with Crippen LogP contribution in [0.1, 0.15) is 5.56 Å². The molecule has 1 fully saturated rings. The van der Waals surface area contributed by atoms with E-state index >= 15 is 0 Å². The van der Waals surface area contributed by atoms with E-state index in [2.05, 4.69) is 62.7 Å². The van der Waals surface area contributed by atoms with Crippen LogP contribution in [0.3, 0.4) is 0 Å². The molecule has 2 aromatic carbocycles. The Balaban J connectivity index is 1.58. The number of rotatable bonds is 7. The fourth-order valence-electron chi connectivity index (χ4n) is 3.02. The maximum Gasteiger partial charge on any atom is 0.250 e. The largest absolute Gasteiger partial charge is 0.506 e. The van der Waals surface area contributed by atoms with Crippen LogP contribution in [0.4, 0.5) is 23.5 Å². The molecule has 0 atom stereocenters. The fraction of sp³-hybridized carbons (Fsp3) is 0.238. The van der Waals surface area contributed by atoms with Gasteiger partial charge < -0.3 is 24.8 Å². The van der Waals surface area contributed by atoms with E-state index in [9.17, 15) is 5.11 Å². The molecular weight excluding hydrogens is 558 g/mol. The average molecular weight is 579 g/mol. The van der Waals surface area contributed by atoms with E-state index in [0.29, 0.717) is 48.2 Å². The number of phenolic OH excluding ortho intramolecular Hbond substituents is 1. The molecule has 0 saturated carbocycles. The van der Waals surface area contributed by atoms with Gasteiger partial charge in [0, 0.05) is 28.8 Å². The van der Waals surface area contributed by atoms with Crippen LogP contribution in [0.2, 0.25) is 0 Å². The van der Waals surface area contributed by atoms with Gasteiger partial charge in [0.25, 0.3) is 0 Å². The summed E-state index contributed by atoms with van der Waals surface area (Å²) in [6.45, 7) is 2.55. The quantitative estimate of drug-likeness (QED) is 0.281. The first-order valence-corrected chi connectivity index (χ1v) is 11.6. The molecule has 4 rings (SSSR count). The molecule has 0 bridgehead atoms. The van der Waals surface area contributed by atoms with Crippen LogP contribution < -0.4 is 20.4 Å². The maximum atomic E-state index is 10.2. The Labute approximate surface area is 207 Å². The van der Waals surface area contributed by atoms with Crippen molar-refractivity contribution in [2.45, 2.75) is 0 Å². The van der Waals surface area contributed by atoms with Gasteiger partial charge in [-0.25, -0.2) is 5.43 Å². The highest BCUT2D eigenvalue weighted by atomic mass is 79.9. The molecule has 1 aliphatic rings. The third-order valence-electron chi connectivity index (χ3n) is 4.69. The lowest BCUT2D eigenvalue weighted by Gasteiger charge is -2.27. The van der Waals surface area contributed by atoms with E-state index in [4.69, 9.17) is 9.47 Å². The van der Waals surface area contributed by atoms with E-state index in [-0.39, 0.29) is 11.7 Å². The van der Waals surface area contributed by atoms with Crippen molar-refractivity contribution >= 4 is 61.6 Å². The predicted molar refractivity (Wildman–Crippen MR) is 134 cm³/mol. The first-order chi connectivity index (χ1) is 16.0. The van der Waals surface area contributed by atoms with Crippen LogP contribution in [0.5, 0.6) is 11.5 Å². The van der Waals surface area contributed by atoms with Crippen molar-refractivity contribution < 1.29 is 14.6 Å². The normalized spacial score (nSPS) is 13.8. The van der Waals surface area contributed by atoms with Gasteiger partial charge >= 0.3 is 0 Å². The smallest absolute Gasteiger partial charge is 0.250 e. The number of anilines is 4. The predicted octanol–water partition coefficient (Wildman–Crippen LogP) is 4.14. The number of ether oxygens (including phenoxy) is 2. The van der Waals surface area contributed by atoms with Crippen LogP contribution in [0, 0.1) is 0 Å². The Hall–Kier alpha value is -2.96. The molecule has 3 aromatic rings. The summed E-state index contributed by atoms with van der Waals surface area (Å²) in [7, 11) is 1.62. The molecule has 172 valence electrons. The van der Waals surface area contributed by atoms with Gasteiger partial charge in [-0.3, -0.25) is 0 Å².